The molecule has 4 rings (SSSR count). The van der Waals surface area contributed by atoms with Gasteiger partial charge in [0.05, 0.1) is 30.9 Å². The Hall–Kier alpha value is -2.96. The molecule has 30 heavy (non-hydrogen) atoms. The molecule has 1 aromatic heterocycles. The number of nitrogens with zero attached hydrogens (tertiary/aromatic N) is 2. The van der Waals surface area contributed by atoms with Gasteiger partial charge in [0.15, 0.2) is 6.54 Å². The summed E-state index contributed by atoms with van der Waals surface area (Å²) >= 11 is 1.65. The molecular formula is C24H26N3O2S+. The first-order chi connectivity index (χ1) is 14.5. The van der Waals surface area contributed by atoms with Crippen LogP contribution in [-0.4, -0.2) is 43.5 Å². The fraction of sp³-hybridized carbons (Fsp3) is 0.250. The van der Waals surface area contributed by atoms with Crippen LogP contribution in [0.15, 0.2) is 60.7 Å². The molecule has 3 aromatic carbocycles. The number of benzene rings is 3. The number of ether oxygens (including phenoxy) is 1. The molecule has 4 aromatic rings. The van der Waals surface area contributed by atoms with Crippen LogP contribution in [0.5, 0.6) is 5.75 Å². The zero-order chi connectivity index (χ0) is 21.1. The normalized spacial score (nSPS) is 12.2. The van der Waals surface area contributed by atoms with Gasteiger partial charge in [0.1, 0.15) is 17.3 Å². The highest BCUT2D eigenvalue weighted by atomic mass is 32.1. The fourth-order valence-electron chi connectivity index (χ4n) is 3.59. The average Bonchev–Trinajstić information content (AvgIpc) is 3.15. The average molecular weight is 421 g/mol. The lowest BCUT2D eigenvalue weighted by atomic mass is 10.1. The number of hydrogen-bond donors (Lipinski definition) is 1. The molecule has 0 aliphatic carbocycles. The van der Waals surface area contributed by atoms with Crippen LogP contribution in [0.3, 0.4) is 0 Å². The lowest BCUT2D eigenvalue weighted by molar-refractivity contribution is -0.885. The first kappa shape index (κ1) is 20.3. The van der Waals surface area contributed by atoms with Gasteiger partial charge in [0.25, 0.3) is 5.91 Å². The molecule has 0 saturated heterocycles. The number of methoxy groups -OCH3 is 1. The number of amides is 1. The van der Waals surface area contributed by atoms with E-state index >= 15 is 0 Å². The number of para-hydroxylation sites is 1. The molecule has 0 saturated carbocycles. The van der Waals surface area contributed by atoms with Gasteiger partial charge in [-0.3, -0.25) is 4.79 Å². The van der Waals surface area contributed by atoms with Gasteiger partial charge in [0.2, 0.25) is 0 Å². The van der Waals surface area contributed by atoms with Crippen LogP contribution < -0.4 is 9.64 Å². The summed E-state index contributed by atoms with van der Waals surface area (Å²) in [5, 5.41) is 3.30. The third kappa shape index (κ3) is 4.61. The van der Waals surface area contributed by atoms with E-state index in [0.29, 0.717) is 13.1 Å². The smallest absolute Gasteiger partial charge is 0.277 e. The number of carbonyl (C=O) groups excluding carboxylic acids is 1. The van der Waals surface area contributed by atoms with Gasteiger partial charge in [-0.15, -0.1) is 11.3 Å². The summed E-state index contributed by atoms with van der Waals surface area (Å²) in [6.45, 7) is 1.79. The number of likely N-dealkylation sites (N-methyl/N-ethyl adjacent to an activating group) is 2. The number of quaternary nitrogens is 1. The molecule has 0 radical (unpaired) electrons. The van der Waals surface area contributed by atoms with Crippen LogP contribution in [-0.2, 0) is 17.9 Å². The minimum absolute atomic E-state index is 0.122. The summed E-state index contributed by atoms with van der Waals surface area (Å²) in [6, 6.07) is 20.6. The van der Waals surface area contributed by atoms with Crippen molar-refractivity contribution in [3.63, 3.8) is 0 Å². The Morgan fingerprint density at radius 3 is 2.67 bits per heavy atom. The first-order valence-electron chi connectivity index (χ1n) is 9.98. The van der Waals surface area contributed by atoms with E-state index in [-0.39, 0.29) is 5.91 Å². The largest absolute Gasteiger partial charge is 0.497 e. The van der Waals surface area contributed by atoms with Crippen LogP contribution in [0.2, 0.25) is 0 Å². The maximum absolute atomic E-state index is 12.7. The third-order valence-corrected chi connectivity index (χ3v) is 6.23. The van der Waals surface area contributed by atoms with Crippen molar-refractivity contribution in [1.29, 1.82) is 0 Å². The van der Waals surface area contributed by atoms with E-state index in [9.17, 15) is 4.79 Å². The van der Waals surface area contributed by atoms with E-state index in [4.69, 9.17) is 4.74 Å². The van der Waals surface area contributed by atoms with Crippen molar-refractivity contribution < 1.29 is 14.4 Å². The molecule has 0 aliphatic heterocycles. The maximum atomic E-state index is 12.7. The molecule has 0 aliphatic rings. The number of hydrogen-bond acceptors (Lipinski definition) is 4. The summed E-state index contributed by atoms with van der Waals surface area (Å²) in [7, 11) is 5.59. The van der Waals surface area contributed by atoms with Crippen molar-refractivity contribution in [3.05, 3.63) is 71.2 Å². The third-order valence-electron chi connectivity index (χ3n) is 5.21. The summed E-state index contributed by atoms with van der Waals surface area (Å²) < 4.78 is 6.45. The SMILES string of the molecule is COc1ccc2cc(C[NH+](C)CC(=O)N(C)Cc3nc4ccccc4s3)ccc2c1. The van der Waals surface area contributed by atoms with E-state index in [2.05, 4.69) is 42.4 Å². The van der Waals surface area contributed by atoms with E-state index < -0.39 is 0 Å². The van der Waals surface area contributed by atoms with Crippen LogP contribution in [0.25, 0.3) is 21.0 Å². The summed E-state index contributed by atoms with van der Waals surface area (Å²) in [5.74, 6) is 0.983. The number of aromatic nitrogens is 1. The van der Waals surface area contributed by atoms with Crippen molar-refractivity contribution >= 4 is 38.2 Å². The van der Waals surface area contributed by atoms with Gasteiger partial charge >= 0.3 is 0 Å². The molecular weight excluding hydrogens is 394 g/mol. The predicted octanol–water partition coefficient (Wildman–Crippen LogP) is 3.13. The van der Waals surface area contributed by atoms with Gasteiger partial charge in [-0.2, -0.15) is 0 Å². The second-order valence-corrected chi connectivity index (χ2v) is 8.80. The van der Waals surface area contributed by atoms with Crippen molar-refractivity contribution in [2.45, 2.75) is 13.1 Å². The van der Waals surface area contributed by atoms with Gasteiger partial charge in [-0.1, -0.05) is 30.3 Å². The van der Waals surface area contributed by atoms with Gasteiger partial charge in [-0.25, -0.2) is 4.98 Å². The highest BCUT2D eigenvalue weighted by molar-refractivity contribution is 7.18. The maximum Gasteiger partial charge on any atom is 0.277 e. The molecule has 6 heteroatoms. The van der Waals surface area contributed by atoms with E-state index in [1.807, 2.05) is 37.4 Å². The summed E-state index contributed by atoms with van der Waals surface area (Å²) in [4.78, 5) is 20.3. The van der Waals surface area contributed by atoms with Gasteiger partial charge in [-0.05, 0) is 41.1 Å². The monoisotopic (exact) mass is 420 g/mol. The Kier molecular flexibility index (Phi) is 5.97. The van der Waals surface area contributed by atoms with Crippen molar-refractivity contribution in [2.24, 2.45) is 0 Å². The van der Waals surface area contributed by atoms with E-state index in [1.165, 1.54) is 10.9 Å². The lowest BCUT2D eigenvalue weighted by Gasteiger charge is -2.19. The quantitative estimate of drug-likeness (QED) is 0.500. The predicted molar refractivity (Wildman–Crippen MR) is 122 cm³/mol. The van der Waals surface area contributed by atoms with Crippen molar-refractivity contribution in [1.82, 2.24) is 9.88 Å². The molecule has 1 heterocycles. The molecule has 1 N–H and O–H groups in total. The minimum Gasteiger partial charge on any atom is -0.497 e. The molecule has 1 atom stereocenters. The Morgan fingerprint density at radius 2 is 1.87 bits per heavy atom. The van der Waals surface area contributed by atoms with Gasteiger partial charge < -0.3 is 14.5 Å². The van der Waals surface area contributed by atoms with Crippen LogP contribution in [0.1, 0.15) is 10.6 Å². The Labute approximate surface area is 180 Å². The fourth-order valence-corrected chi connectivity index (χ4v) is 4.61. The second kappa shape index (κ2) is 8.81. The topological polar surface area (TPSA) is 46.9 Å². The van der Waals surface area contributed by atoms with Crippen molar-refractivity contribution in [3.8, 4) is 5.75 Å². The summed E-state index contributed by atoms with van der Waals surface area (Å²) in [5.41, 5.74) is 2.21. The Morgan fingerprint density at radius 1 is 1.10 bits per heavy atom. The van der Waals surface area contributed by atoms with E-state index in [1.54, 1.807) is 23.3 Å². The summed E-state index contributed by atoms with van der Waals surface area (Å²) in [6.07, 6.45) is 0. The lowest BCUT2D eigenvalue weighted by Crippen LogP contribution is -3.08. The number of fused-ring (bicyclic) bond motifs is 2. The number of carbonyl (C=O) groups is 1. The molecule has 5 nitrogen and oxygen atoms in total. The Balaban J connectivity index is 1.36. The number of thiazole rings is 1. The Bertz CT molecular complexity index is 1150. The van der Waals surface area contributed by atoms with Crippen LogP contribution in [0.4, 0.5) is 0 Å². The molecule has 1 amide bonds. The van der Waals surface area contributed by atoms with Gasteiger partial charge in [0, 0.05) is 12.6 Å². The molecule has 0 fully saturated rings. The highest BCUT2D eigenvalue weighted by Crippen LogP contribution is 2.23. The molecule has 154 valence electrons. The number of rotatable bonds is 7. The second-order valence-electron chi connectivity index (χ2n) is 7.68. The first-order valence-corrected chi connectivity index (χ1v) is 10.8. The highest BCUT2D eigenvalue weighted by Gasteiger charge is 2.17. The van der Waals surface area contributed by atoms with Crippen LogP contribution >= 0.6 is 11.3 Å². The molecule has 0 spiro atoms. The van der Waals surface area contributed by atoms with Crippen LogP contribution in [0, 0.1) is 0 Å². The minimum atomic E-state index is 0.122. The standard InChI is InChI=1S/C24H25N3O2S/c1-26(14-17-8-9-19-13-20(29-3)11-10-18(19)12-17)16-24(28)27(2)15-23-25-21-6-4-5-7-22(21)30-23/h4-13H,14-16H2,1-3H3/p+1. The zero-order valence-corrected chi connectivity index (χ0v) is 18.3. The zero-order valence-electron chi connectivity index (χ0n) is 17.5. The van der Waals surface area contributed by atoms with Crippen molar-refractivity contribution in [2.75, 3.05) is 27.7 Å². The number of nitrogens with one attached hydrogen (secondary N) is 1. The van der Waals surface area contributed by atoms with E-state index in [0.717, 1.165) is 37.8 Å². The molecule has 1 unspecified atom stereocenters. The molecule has 0 bridgehead atoms.